The molecule has 0 aliphatic heterocycles. The fourth-order valence-corrected chi connectivity index (χ4v) is 2.01. The van der Waals surface area contributed by atoms with E-state index < -0.39 is 0 Å². The normalized spacial score (nSPS) is 10.7. The first-order chi connectivity index (χ1) is 8.74. The number of anilines is 1. The lowest BCUT2D eigenvalue weighted by molar-refractivity contribution is 1.04. The van der Waals surface area contributed by atoms with Crippen LogP contribution in [0.15, 0.2) is 42.5 Å². The molecule has 0 spiro atoms. The van der Waals surface area contributed by atoms with Gasteiger partial charge in [0.2, 0.25) is 5.95 Å². The minimum Gasteiger partial charge on any atom is -0.366 e. The Morgan fingerprint density at radius 1 is 0.944 bits per heavy atom. The standard InChI is InChI=1S/C14H12N4/c1-9-4-2-3-5-11(9)10-6-7-12-13(8-10)17-18-14(15)16-12/h2-8H,1H3,(H2,15,16,18). The average Bonchev–Trinajstić information content (AvgIpc) is 2.39. The summed E-state index contributed by atoms with van der Waals surface area (Å²) in [6, 6.07) is 14.2. The molecule has 0 bridgehead atoms. The molecule has 3 aromatic rings. The molecule has 0 aliphatic rings. The van der Waals surface area contributed by atoms with E-state index in [2.05, 4.69) is 34.2 Å². The fraction of sp³-hybridized carbons (Fsp3) is 0.0714. The maximum Gasteiger partial charge on any atom is 0.240 e. The quantitative estimate of drug-likeness (QED) is 0.705. The molecule has 0 atom stereocenters. The van der Waals surface area contributed by atoms with E-state index in [1.54, 1.807) is 0 Å². The lowest BCUT2D eigenvalue weighted by Crippen LogP contribution is -1.97. The number of rotatable bonds is 1. The number of fused-ring (bicyclic) bond motifs is 1. The Morgan fingerprint density at radius 2 is 1.78 bits per heavy atom. The van der Waals surface area contributed by atoms with Crippen LogP contribution in [0.25, 0.3) is 22.2 Å². The van der Waals surface area contributed by atoms with Crippen molar-refractivity contribution in [1.82, 2.24) is 15.2 Å². The van der Waals surface area contributed by atoms with Crippen LogP contribution in [0.2, 0.25) is 0 Å². The van der Waals surface area contributed by atoms with Crippen LogP contribution in [-0.4, -0.2) is 15.2 Å². The van der Waals surface area contributed by atoms with E-state index in [1.807, 2.05) is 30.3 Å². The van der Waals surface area contributed by atoms with E-state index >= 15 is 0 Å². The number of benzene rings is 2. The molecule has 0 unspecified atom stereocenters. The van der Waals surface area contributed by atoms with Crippen molar-refractivity contribution in [3.8, 4) is 11.1 Å². The maximum absolute atomic E-state index is 5.51. The van der Waals surface area contributed by atoms with Crippen LogP contribution in [0.4, 0.5) is 5.95 Å². The summed E-state index contributed by atoms with van der Waals surface area (Å²) < 4.78 is 0. The Balaban J connectivity index is 2.20. The molecular weight excluding hydrogens is 224 g/mol. The average molecular weight is 236 g/mol. The molecule has 0 saturated heterocycles. The Labute approximate surface area is 105 Å². The molecule has 0 amide bonds. The van der Waals surface area contributed by atoms with Gasteiger partial charge in [-0.15, -0.1) is 10.2 Å². The topological polar surface area (TPSA) is 64.7 Å². The van der Waals surface area contributed by atoms with E-state index in [9.17, 15) is 0 Å². The summed E-state index contributed by atoms with van der Waals surface area (Å²) in [5.41, 5.74) is 10.6. The zero-order valence-electron chi connectivity index (χ0n) is 9.96. The Hall–Kier alpha value is -2.49. The van der Waals surface area contributed by atoms with Crippen LogP contribution in [0, 0.1) is 6.92 Å². The zero-order valence-corrected chi connectivity index (χ0v) is 9.96. The van der Waals surface area contributed by atoms with E-state index in [0.717, 1.165) is 16.6 Å². The number of nitrogens with two attached hydrogens (primary N) is 1. The second-order valence-electron chi connectivity index (χ2n) is 4.19. The smallest absolute Gasteiger partial charge is 0.240 e. The predicted octanol–water partition coefficient (Wildman–Crippen LogP) is 2.58. The van der Waals surface area contributed by atoms with Crippen LogP contribution in [-0.2, 0) is 0 Å². The molecule has 0 radical (unpaired) electrons. The SMILES string of the molecule is Cc1ccccc1-c1ccc2nc(N)nnc2c1. The van der Waals surface area contributed by atoms with E-state index in [0.29, 0.717) is 0 Å². The van der Waals surface area contributed by atoms with Gasteiger partial charge in [-0.2, -0.15) is 0 Å². The third-order valence-corrected chi connectivity index (χ3v) is 2.93. The zero-order chi connectivity index (χ0) is 12.5. The predicted molar refractivity (Wildman–Crippen MR) is 71.9 cm³/mol. The summed E-state index contributed by atoms with van der Waals surface area (Å²) in [7, 11) is 0. The van der Waals surface area contributed by atoms with Gasteiger partial charge in [-0.3, -0.25) is 0 Å². The van der Waals surface area contributed by atoms with Gasteiger partial charge < -0.3 is 5.73 Å². The summed E-state index contributed by atoms with van der Waals surface area (Å²) in [6.07, 6.45) is 0. The number of aromatic nitrogens is 3. The van der Waals surface area contributed by atoms with Crippen molar-refractivity contribution >= 4 is 17.0 Å². The van der Waals surface area contributed by atoms with Crippen LogP contribution in [0.5, 0.6) is 0 Å². The number of hydrogen-bond acceptors (Lipinski definition) is 4. The molecule has 18 heavy (non-hydrogen) atoms. The summed E-state index contributed by atoms with van der Waals surface area (Å²) in [5.74, 6) is 0.200. The number of nitrogen functional groups attached to an aromatic ring is 1. The number of aryl methyl sites for hydroxylation is 1. The first kappa shape index (κ1) is 10.7. The highest BCUT2D eigenvalue weighted by atomic mass is 15.2. The van der Waals surface area contributed by atoms with Gasteiger partial charge in [0.15, 0.2) is 0 Å². The van der Waals surface area contributed by atoms with E-state index in [-0.39, 0.29) is 5.95 Å². The maximum atomic E-state index is 5.51. The molecule has 2 aromatic carbocycles. The van der Waals surface area contributed by atoms with E-state index in [4.69, 9.17) is 5.73 Å². The molecule has 0 aliphatic carbocycles. The largest absolute Gasteiger partial charge is 0.366 e. The van der Waals surface area contributed by atoms with Crippen molar-refractivity contribution in [3.63, 3.8) is 0 Å². The summed E-state index contributed by atoms with van der Waals surface area (Å²) >= 11 is 0. The highest BCUT2D eigenvalue weighted by molar-refractivity contribution is 5.82. The van der Waals surface area contributed by atoms with Crippen molar-refractivity contribution in [1.29, 1.82) is 0 Å². The second kappa shape index (κ2) is 4.07. The number of hydrogen-bond donors (Lipinski definition) is 1. The van der Waals surface area contributed by atoms with Crippen molar-refractivity contribution in [2.45, 2.75) is 6.92 Å². The van der Waals surface area contributed by atoms with Crippen LogP contribution in [0.3, 0.4) is 0 Å². The summed E-state index contributed by atoms with van der Waals surface area (Å²) in [6.45, 7) is 2.09. The second-order valence-corrected chi connectivity index (χ2v) is 4.19. The van der Waals surface area contributed by atoms with Gasteiger partial charge in [0.25, 0.3) is 0 Å². The Morgan fingerprint density at radius 3 is 2.61 bits per heavy atom. The molecule has 2 N–H and O–H groups in total. The first-order valence-corrected chi connectivity index (χ1v) is 5.70. The van der Waals surface area contributed by atoms with Crippen molar-refractivity contribution in [2.75, 3.05) is 5.73 Å². The molecule has 88 valence electrons. The first-order valence-electron chi connectivity index (χ1n) is 5.70. The minimum atomic E-state index is 0.200. The third-order valence-electron chi connectivity index (χ3n) is 2.93. The van der Waals surface area contributed by atoms with Gasteiger partial charge in [-0.25, -0.2) is 4.98 Å². The highest BCUT2D eigenvalue weighted by Crippen LogP contribution is 2.25. The fourth-order valence-electron chi connectivity index (χ4n) is 2.01. The van der Waals surface area contributed by atoms with Gasteiger partial charge >= 0.3 is 0 Å². The van der Waals surface area contributed by atoms with Crippen molar-refractivity contribution in [2.24, 2.45) is 0 Å². The molecule has 4 heteroatoms. The minimum absolute atomic E-state index is 0.200. The van der Waals surface area contributed by atoms with Crippen molar-refractivity contribution < 1.29 is 0 Å². The van der Waals surface area contributed by atoms with Gasteiger partial charge in [0, 0.05) is 0 Å². The Kier molecular flexibility index (Phi) is 2.41. The number of nitrogens with zero attached hydrogens (tertiary/aromatic N) is 3. The summed E-state index contributed by atoms with van der Waals surface area (Å²) in [5, 5.41) is 7.84. The van der Waals surface area contributed by atoms with E-state index in [1.165, 1.54) is 11.1 Å². The highest BCUT2D eigenvalue weighted by Gasteiger charge is 2.04. The molecule has 1 aromatic heterocycles. The van der Waals surface area contributed by atoms with Gasteiger partial charge in [-0.05, 0) is 35.7 Å². The van der Waals surface area contributed by atoms with Gasteiger partial charge in [0.05, 0.1) is 5.52 Å². The van der Waals surface area contributed by atoms with Crippen molar-refractivity contribution in [3.05, 3.63) is 48.0 Å². The molecule has 0 fully saturated rings. The molecule has 3 rings (SSSR count). The van der Waals surface area contributed by atoms with Gasteiger partial charge in [0.1, 0.15) is 5.52 Å². The molecule has 1 heterocycles. The lowest BCUT2D eigenvalue weighted by atomic mass is 10.0. The van der Waals surface area contributed by atoms with Crippen LogP contribution < -0.4 is 5.73 Å². The van der Waals surface area contributed by atoms with Crippen LogP contribution >= 0.6 is 0 Å². The molecule has 0 saturated carbocycles. The molecular formula is C14H12N4. The monoisotopic (exact) mass is 236 g/mol. The lowest BCUT2D eigenvalue weighted by Gasteiger charge is -2.06. The van der Waals surface area contributed by atoms with Crippen LogP contribution in [0.1, 0.15) is 5.56 Å². The Bertz CT molecular complexity index is 722. The summed E-state index contributed by atoms with van der Waals surface area (Å²) in [4.78, 5) is 4.14. The van der Waals surface area contributed by atoms with Gasteiger partial charge in [-0.1, -0.05) is 30.3 Å². The third kappa shape index (κ3) is 1.78. The molecule has 4 nitrogen and oxygen atoms in total.